The fourth-order valence-electron chi connectivity index (χ4n) is 3.33. The molecule has 0 aliphatic carbocycles. The van der Waals surface area contributed by atoms with Crippen molar-refractivity contribution >= 4 is 16.9 Å². The first-order valence-corrected chi connectivity index (χ1v) is 9.74. The van der Waals surface area contributed by atoms with Gasteiger partial charge in [-0.15, -0.1) is 0 Å². The minimum absolute atomic E-state index is 0.142. The van der Waals surface area contributed by atoms with Gasteiger partial charge in [-0.05, 0) is 32.4 Å². The van der Waals surface area contributed by atoms with Gasteiger partial charge in [-0.25, -0.2) is 0 Å². The van der Waals surface area contributed by atoms with Crippen molar-refractivity contribution in [3.05, 3.63) is 81.6 Å². The topological polar surface area (TPSA) is 98.2 Å². The van der Waals surface area contributed by atoms with Crippen LogP contribution in [-0.2, 0) is 6.42 Å². The molecule has 0 atom stereocenters. The third-order valence-electron chi connectivity index (χ3n) is 4.85. The molecular formula is C23H21N3O4. The summed E-state index contributed by atoms with van der Waals surface area (Å²) in [5.74, 6) is 1.30. The number of hydrogen-bond acceptors (Lipinski definition) is 6. The molecule has 7 nitrogen and oxygen atoms in total. The van der Waals surface area contributed by atoms with E-state index in [-0.39, 0.29) is 16.9 Å². The maximum Gasteiger partial charge on any atom is 0.255 e. The molecule has 0 aliphatic heterocycles. The van der Waals surface area contributed by atoms with E-state index in [1.807, 2.05) is 30.3 Å². The van der Waals surface area contributed by atoms with Crippen LogP contribution in [0.1, 0.15) is 34.1 Å². The van der Waals surface area contributed by atoms with Crippen LogP contribution in [0.5, 0.6) is 0 Å². The predicted octanol–water partition coefficient (Wildman–Crippen LogP) is 3.82. The van der Waals surface area contributed by atoms with Gasteiger partial charge in [0, 0.05) is 24.1 Å². The van der Waals surface area contributed by atoms with E-state index in [4.69, 9.17) is 8.94 Å². The molecule has 0 spiro atoms. The van der Waals surface area contributed by atoms with Crippen molar-refractivity contribution in [2.24, 2.45) is 0 Å². The summed E-state index contributed by atoms with van der Waals surface area (Å²) in [5.41, 5.74) is 1.78. The van der Waals surface area contributed by atoms with Crippen molar-refractivity contribution in [1.82, 2.24) is 15.5 Å². The fraction of sp³-hybridized carbons (Fsp3) is 0.217. The van der Waals surface area contributed by atoms with Crippen molar-refractivity contribution in [3.8, 4) is 11.3 Å². The Bertz CT molecular complexity index is 1260. The molecule has 4 rings (SSSR count). The molecule has 0 saturated heterocycles. The number of amides is 1. The minimum atomic E-state index is -0.298. The number of aromatic nitrogens is 2. The average molecular weight is 403 g/mol. The monoisotopic (exact) mass is 403 g/mol. The molecule has 0 aliphatic rings. The molecule has 152 valence electrons. The smallest absolute Gasteiger partial charge is 0.255 e. The highest BCUT2D eigenvalue weighted by atomic mass is 16.5. The summed E-state index contributed by atoms with van der Waals surface area (Å²) in [6, 6.07) is 14.4. The highest BCUT2D eigenvalue weighted by Crippen LogP contribution is 2.27. The Balaban J connectivity index is 1.59. The zero-order valence-corrected chi connectivity index (χ0v) is 16.8. The summed E-state index contributed by atoms with van der Waals surface area (Å²) >= 11 is 0. The quantitative estimate of drug-likeness (QED) is 0.492. The van der Waals surface area contributed by atoms with E-state index in [1.165, 1.54) is 0 Å². The van der Waals surface area contributed by atoms with E-state index >= 15 is 0 Å². The van der Waals surface area contributed by atoms with Crippen LogP contribution in [0.3, 0.4) is 0 Å². The lowest BCUT2D eigenvalue weighted by Crippen LogP contribution is -2.25. The molecule has 0 unspecified atom stereocenters. The van der Waals surface area contributed by atoms with Gasteiger partial charge < -0.3 is 14.3 Å². The SMILES string of the molecule is Cc1noc(CCCNC(=O)c2cccc3c(=O)c(C)c(-c4ccccc4)oc23)n1. The summed E-state index contributed by atoms with van der Waals surface area (Å²) in [5, 5.41) is 7.01. The number of benzene rings is 2. The highest BCUT2D eigenvalue weighted by molar-refractivity contribution is 6.05. The van der Waals surface area contributed by atoms with Crippen LogP contribution < -0.4 is 10.7 Å². The predicted molar refractivity (Wildman–Crippen MR) is 112 cm³/mol. The Hall–Kier alpha value is -3.74. The van der Waals surface area contributed by atoms with Crippen molar-refractivity contribution in [1.29, 1.82) is 0 Å². The van der Waals surface area contributed by atoms with E-state index in [9.17, 15) is 9.59 Å². The van der Waals surface area contributed by atoms with Gasteiger partial charge in [-0.3, -0.25) is 9.59 Å². The fourth-order valence-corrected chi connectivity index (χ4v) is 3.33. The van der Waals surface area contributed by atoms with Gasteiger partial charge in [0.2, 0.25) is 5.89 Å². The summed E-state index contributed by atoms with van der Waals surface area (Å²) < 4.78 is 11.2. The van der Waals surface area contributed by atoms with Crippen LogP contribution in [-0.4, -0.2) is 22.6 Å². The van der Waals surface area contributed by atoms with E-state index in [0.717, 1.165) is 5.56 Å². The summed E-state index contributed by atoms with van der Waals surface area (Å²) in [4.78, 5) is 29.8. The van der Waals surface area contributed by atoms with Crippen LogP contribution >= 0.6 is 0 Å². The second-order valence-corrected chi connectivity index (χ2v) is 7.03. The molecule has 7 heteroatoms. The molecule has 1 N–H and O–H groups in total. The maximum atomic E-state index is 12.9. The number of hydrogen-bond donors (Lipinski definition) is 1. The molecule has 2 aromatic heterocycles. The lowest BCUT2D eigenvalue weighted by molar-refractivity contribution is 0.0953. The molecule has 1 amide bonds. The minimum Gasteiger partial charge on any atom is -0.455 e. The molecule has 4 aromatic rings. The maximum absolute atomic E-state index is 12.9. The van der Waals surface area contributed by atoms with Crippen molar-refractivity contribution in [2.45, 2.75) is 26.7 Å². The molecule has 0 bridgehead atoms. The summed E-state index contributed by atoms with van der Waals surface area (Å²) in [7, 11) is 0. The number of nitrogens with one attached hydrogen (secondary N) is 1. The first-order valence-electron chi connectivity index (χ1n) is 9.74. The number of fused-ring (bicyclic) bond motifs is 1. The number of nitrogens with zero attached hydrogens (tertiary/aromatic N) is 2. The Morgan fingerprint density at radius 1 is 1.07 bits per heavy atom. The second-order valence-electron chi connectivity index (χ2n) is 7.03. The number of aryl methyl sites for hydroxylation is 2. The van der Waals surface area contributed by atoms with E-state index in [1.54, 1.807) is 32.0 Å². The zero-order valence-electron chi connectivity index (χ0n) is 16.8. The zero-order chi connectivity index (χ0) is 21.1. The lowest BCUT2D eigenvalue weighted by Gasteiger charge is -2.10. The van der Waals surface area contributed by atoms with Gasteiger partial charge in [0.05, 0.1) is 10.9 Å². The molecule has 0 radical (unpaired) electrons. The third kappa shape index (κ3) is 3.87. The van der Waals surface area contributed by atoms with Crippen LogP contribution in [0.2, 0.25) is 0 Å². The van der Waals surface area contributed by atoms with Gasteiger partial charge in [0.1, 0.15) is 5.76 Å². The van der Waals surface area contributed by atoms with Gasteiger partial charge in [-0.2, -0.15) is 4.98 Å². The Labute approximate surface area is 172 Å². The van der Waals surface area contributed by atoms with Gasteiger partial charge in [0.15, 0.2) is 16.8 Å². The van der Waals surface area contributed by atoms with Crippen molar-refractivity contribution < 1.29 is 13.7 Å². The second kappa shape index (κ2) is 8.32. The van der Waals surface area contributed by atoms with Crippen LogP contribution in [0.4, 0.5) is 0 Å². The van der Waals surface area contributed by atoms with Crippen LogP contribution in [0.15, 0.2) is 62.3 Å². The van der Waals surface area contributed by atoms with Crippen LogP contribution in [0.25, 0.3) is 22.3 Å². The van der Waals surface area contributed by atoms with Gasteiger partial charge in [0.25, 0.3) is 5.91 Å². The van der Waals surface area contributed by atoms with Crippen LogP contribution in [0, 0.1) is 13.8 Å². The highest BCUT2D eigenvalue weighted by Gasteiger charge is 2.18. The molecule has 2 heterocycles. The molecule has 2 aromatic carbocycles. The molecular weight excluding hydrogens is 382 g/mol. The number of carbonyl (C=O) groups is 1. The number of para-hydroxylation sites is 1. The number of carbonyl (C=O) groups excluding carboxylic acids is 1. The molecule has 30 heavy (non-hydrogen) atoms. The van der Waals surface area contributed by atoms with Crippen molar-refractivity contribution in [3.63, 3.8) is 0 Å². The lowest BCUT2D eigenvalue weighted by atomic mass is 10.0. The summed E-state index contributed by atoms with van der Waals surface area (Å²) in [6.45, 7) is 3.92. The standard InChI is InChI=1S/C23H21N3O4/c1-14-20(27)17-10-6-11-18(22(17)29-21(14)16-8-4-3-5-9-16)23(28)24-13-7-12-19-25-15(2)26-30-19/h3-6,8-11H,7,12-13H2,1-2H3,(H,24,28). The molecule has 0 saturated carbocycles. The van der Waals surface area contributed by atoms with Gasteiger partial charge in [-0.1, -0.05) is 41.6 Å². The van der Waals surface area contributed by atoms with E-state index < -0.39 is 0 Å². The first kappa shape index (κ1) is 19.6. The van der Waals surface area contributed by atoms with Crippen molar-refractivity contribution in [2.75, 3.05) is 6.54 Å². The Kier molecular flexibility index (Phi) is 5.43. The first-order chi connectivity index (χ1) is 14.5. The normalized spacial score (nSPS) is 11.0. The average Bonchev–Trinajstić information content (AvgIpc) is 3.18. The Morgan fingerprint density at radius 2 is 1.87 bits per heavy atom. The molecule has 0 fully saturated rings. The number of rotatable bonds is 6. The Morgan fingerprint density at radius 3 is 2.60 bits per heavy atom. The van der Waals surface area contributed by atoms with E-state index in [0.29, 0.717) is 53.4 Å². The third-order valence-corrected chi connectivity index (χ3v) is 4.85. The van der Waals surface area contributed by atoms with Gasteiger partial charge >= 0.3 is 0 Å². The summed E-state index contributed by atoms with van der Waals surface area (Å²) in [6.07, 6.45) is 1.22. The largest absolute Gasteiger partial charge is 0.455 e. The van der Waals surface area contributed by atoms with E-state index in [2.05, 4.69) is 15.5 Å².